The minimum Gasteiger partial charge on any atom is -0.484 e. The molecule has 0 saturated carbocycles. The molecule has 0 unspecified atom stereocenters. The van der Waals surface area contributed by atoms with Gasteiger partial charge < -0.3 is 10.5 Å². The number of hydrogen-bond acceptors (Lipinski definition) is 3. The molecule has 0 spiro atoms. The van der Waals surface area contributed by atoms with E-state index in [-0.39, 0.29) is 6.61 Å². The monoisotopic (exact) mass is 382 g/mol. The summed E-state index contributed by atoms with van der Waals surface area (Å²) >= 11 is 0. The first-order chi connectivity index (χ1) is 14.2. The van der Waals surface area contributed by atoms with Crippen LogP contribution in [-0.2, 0) is 11.2 Å². The van der Waals surface area contributed by atoms with E-state index in [1.54, 1.807) is 0 Å². The Labute approximate surface area is 170 Å². The standard InChI is InChI=1S/C25H22N2O2/c1-2-17-9-6-10-21-22(18-7-4-3-5-8-18)15-23(27-25(17)21)19-11-13-20(14-12-19)29-16-24(26)28/h3-15H,2,16H2,1H3,(H2,26,28). The minimum absolute atomic E-state index is 0.133. The van der Waals surface area contributed by atoms with Crippen molar-refractivity contribution >= 4 is 16.8 Å². The Morgan fingerprint density at radius 3 is 2.38 bits per heavy atom. The molecular formula is C25H22N2O2. The Morgan fingerprint density at radius 1 is 0.931 bits per heavy atom. The summed E-state index contributed by atoms with van der Waals surface area (Å²) < 4.78 is 5.36. The quantitative estimate of drug-likeness (QED) is 0.511. The molecule has 0 fully saturated rings. The number of rotatable bonds is 6. The van der Waals surface area contributed by atoms with Crippen molar-refractivity contribution in [2.24, 2.45) is 5.73 Å². The summed E-state index contributed by atoms with van der Waals surface area (Å²) in [5.41, 5.74) is 11.6. The molecule has 0 radical (unpaired) electrons. The SMILES string of the molecule is CCc1cccc2c(-c3ccccc3)cc(-c3ccc(OCC(N)=O)cc3)nc12. The van der Waals surface area contributed by atoms with Gasteiger partial charge in [0.25, 0.3) is 5.91 Å². The van der Waals surface area contributed by atoms with E-state index < -0.39 is 5.91 Å². The lowest BCUT2D eigenvalue weighted by atomic mass is 9.96. The predicted octanol–water partition coefficient (Wildman–Crippen LogP) is 5.00. The van der Waals surface area contributed by atoms with E-state index in [0.717, 1.165) is 39.7 Å². The lowest BCUT2D eigenvalue weighted by Gasteiger charge is -2.13. The van der Waals surface area contributed by atoms with E-state index in [4.69, 9.17) is 15.5 Å². The summed E-state index contributed by atoms with van der Waals surface area (Å²) in [7, 11) is 0. The molecule has 4 heteroatoms. The van der Waals surface area contributed by atoms with E-state index in [0.29, 0.717) is 5.75 Å². The molecule has 2 N–H and O–H groups in total. The highest BCUT2D eigenvalue weighted by atomic mass is 16.5. The maximum atomic E-state index is 10.9. The molecule has 4 rings (SSSR count). The first-order valence-electron chi connectivity index (χ1n) is 9.65. The number of para-hydroxylation sites is 1. The minimum atomic E-state index is -0.495. The molecule has 0 saturated heterocycles. The Bertz CT molecular complexity index is 1150. The van der Waals surface area contributed by atoms with Gasteiger partial charge in [0, 0.05) is 10.9 Å². The molecule has 144 valence electrons. The van der Waals surface area contributed by atoms with E-state index in [2.05, 4.69) is 55.5 Å². The van der Waals surface area contributed by atoms with Gasteiger partial charge in [0.2, 0.25) is 0 Å². The number of nitrogens with zero attached hydrogens (tertiary/aromatic N) is 1. The van der Waals surface area contributed by atoms with Crippen LogP contribution in [0, 0.1) is 0 Å². The fourth-order valence-corrected chi connectivity index (χ4v) is 3.47. The van der Waals surface area contributed by atoms with Crippen LogP contribution in [0.25, 0.3) is 33.3 Å². The van der Waals surface area contributed by atoms with Crippen molar-refractivity contribution < 1.29 is 9.53 Å². The van der Waals surface area contributed by atoms with Crippen LogP contribution < -0.4 is 10.5 Å². The third-order valence-corrected chi connectivity index (χ3v) is 4.92. The smallest absolute Gasteiger partial charge is 0.255 e. The fraction of sp³-hybridized carbons (Fsp3) is 0.120. The van der Waals surface area contributed by atoms with Crippen molar-refractivity contribution in [2.45, 2.75) is 13.3 Å². The van der Waals surface area contributed by atoms with Crippen molar-refractivity contribution in [3.8, 4) is 28.1 Å². The van der Waals surface area contributed by atoms with Gasteiger partial charge in [-0.1, -0.05) is 55.5 Å². The summed E-state index contributed by atoms with van der Waals surface area (Å²) in [6.07, 6.45) is 0.919. The fourth-order valence-electron chi connectivity index (χ4n) is 3.47. The van der Waals surface area contributed by atoms with E-state index in [9.17, 15) is 4.79 Å². The second-order valence-electron chi connectivity index (χ2n) is 6.87. The highest BCUT2D eigenvalue weighted by Gasteiger charge is 2.12. The maximum Gasteiger partial charge on any atom is 0.255 e. The van der Waals surface area contributed by atoms with Crippen LogP contribution in [0.3, 0.4) is 0 Å². The van der Waals surface area contributed by atoms with E-state index >= 15 is 0 Å². The lowest BCUT2D eigenvalue weighted by molar-refractivity contribution is -0.119. The molecule has 0 bridgehead atoms. The number of primary amides is 1. The van der Waals surface area contributed by atoms with Crippen LogP contribution in [0.1, 0.15) is 12.5 Å². The van der Waals surface area contributed by atoms with Crippen molar-refractivity contribution in [2.75, 3.05) is 6.61 Å². The molecule has 1 heterocycles. The van der Waals surface area contributed by atoms with Gasteiger partial charge >= 0.3 is 0 Å². The average molecular weight is 382 g/mol. The summed E-state index contributed by atoms with van der Waals surface area (Å²) in [4.78, 5) is 15.9. The number of nitrogens with two attached hydrogens (primary N) is 1. The average Bonchev–Trinajstić information content (AvgIpc) is 2.77. The number of carbonyl (C=O) groups is 1. The molecule has 3 aromatic carbocycles. The van der Waals surface area contributed by atoms with Crippen LogP contribution in [0.2, 0.25) is 0 Å². The number of amides is 1. The molecule has 4 aromatic rings. The Morgan fingerprint density at radius 2 is 1.69 bits per heavy atom. The molecule has 4 nitrogen and oxygen atoms in total. The van der Waals surface area contributed by atoms with Gasteiger partial charge in [0.1, 0.15) is 5.75 Å². The third kappa shape index (κ3) is 3.97. The van der Waals surface area contributed by atoms with E-state index in [1.807, 2.05) is 30.3 Å². The van der Waals surface area contributed by atoms with Crippen molar-refractivity contribution in [3.05, 3.63) is 84.4 Å². The van der Waals surface area contributed by atoms with Crippen LogP contribution in [0.4, 0.5) is 0 Å². The molecule has 0 aliphatic rings. The van der Waals surface area contributed by atoms with E-state index in [1.165, 1.54) is 5.56 Å². The van der Waals surface area contributed by atoms with Crippen molar-refractivity contribution in [1.29, 1.82) is 0 Å². The number of aromatic nitrogens is 1. The number of carbonyl (C=O) groups excluding carboxylic acids is 1. The highest BCUT2D eigenvalue weighted by Crippen LogP contribution is 2.34. The highest BCUT2D eigenvalue weighted by molar-refractivity contribution is 5.98. The summed E-state index contributed by atoms with van der Waals surface area (Å²) in [5.74, 6) is 0.107. The molecule has 1 aromatic heterocycles. The number of fused-ring (bicyclic) bond motifs is 1. The normalized spacial score (nSPS) is 10.8. The Kier molecular flexibility index (Phi) is 5.25. The van der Waals surface area contributed by atoms with Crippen LogP contribution in [0.15, 0.2) is 78.9 Å². The molecule has 0 aliphatic heterocycles. The largest absolute Gasteiger partial charge is 0.484 e. The number of hydrogen-bond donors (Lipinski definition) is 1. The van der Waals surface area contributed by atoms with Gasteiger partial charge in [-0.2, -0.15) is 0 Å². The predicted molar refractivity (Wildman–Crippen MR) is 117 cm³/mol. The maximum absolute atomic E-state index is 10.9. The van der Waals surface area contributed by atoms with Gasteiger partial charge in [0.05, 0.1) is 11.2 Å². The zero-order valence-electron chi connectivity index (χ0n) is 16.3. The number of aryl methyl sites for hydroxylation is 1. The lowest BCUT2D eigenvalue weighted by Crippen LogP contribution is -2.19. The second kappa shape index (κ2) is 8.15. The zero-order valence-corrected chi connectivity index (χ0v) is 16.3. The summed E-state index contributed by atoms with van der Waals surface area (Å²) in [6, 6.07) is 26.4. The number of ether oxygens (including phenoxy) is 1. The van der Waals surface area contributed by atoms with Gasteiger partial charge in [-0.3, -0.25) is 4.79 Å². The first-order valence-corrected chi connectivity index (χ1v) is 9.65. The summed E-state index contributed by atoms with van der Waals surface area (Å²) in [6.45, 7) is 2.02. The molecule has 0 atom stereocenters. The molecule has 0 aliphatic carbocycles. The Balaban J connectivity index is 1.84. The van der Waals surface area contributed by atoms with Gasteiger partial charge in [-0.15, -0.1) is 0 Å². The van der Waals surface area contributed by atoms with Crippen molar-refractivity contribution in [3.63, 3.8) is 0 Å². The Hall–Kier alpha value is -3.66. The van der Waals surface area contributed by atoms with Crippen molar-refractivity contribution in [1.82, 2.24) is 4.98 Å². The number of pyridine rings is 1. The summed E-state index contributed by atoms with van der Waals surface area (Å²) in [5, 5.41) is 1.15. The zero-order chi connectivity index (χ0) is 20.2. The van der Waals surface area contributed by atoms with Gasteiger partial charge in [-0.05, 0) is 53.4 Å². The number of benzene rings is 3. The van der Waals surface area contributed by atoms with Crippen LogP contribution in [-0.4, -0.2) is 17.5 Å². The van der Waals surface area contributed by atoms with Gasteiger partial charge in [-0.25, -0.2) is 4.98 Å². The second-order valence-corrected chi connectivity index (χ2v) is 6.87. The topological polar surface area (TPSA) is 65.2 Å². The molecule has 29 heavy (non-hydrogen) atoms. The molecule has 1 amide bonds. The van der Waals surface area contributed by atoms with Gasteiger partial charge in [0.15, 0.2) is 6.61 Å². The third-order valence-electron chi connectivity index (χ3n) is 4.92. The first kappa shape index (κ1) is 18.7. The van der Waals surface area contributed by atoms with Crippen LogP contribution in [0.5, 0.6) is 5.75 Å². The molecular weight excluding hydrogens is 360 g/mol. The van der Waals surface area contributed by atoms with Crippen LogP contribution >= 0.6 is 0 Å².